The number of ether oxygens (including phenoxy) is 1. The zero-order chi connectivity index (χ0) is 12.3. The van der Waals surface area contributed by atoms with Gasteiger partial charge in [-0.3, -0.25) is 4.21 Å². The van der Waals surface area contributed by atoms with Crippen molar-refractivity contribution in [2.75, 3.05) is 0 Å². The molecule has 0 saturated heterocycles. The van der Waals surface area contributed by atoms with E-state index in [-0.39, 0.29) is 6.10 Å². The van der Waals surface area contributed by atoms with Crippen LogP contribution in [-0.4, -0.2) is 14.9 Å². The van der Waals surface area contributed by atoms with Crippen LogP contribution in [0.3, 0.4) is 0 Å². The van der Waals surface area contributed by atoms with Gasteiger partial charge in [-0.05, 0) is 42.8 Å². The van der Waals surface area contributed by atoms with Crippen LogP contribution >= 0.6 is 0 Å². The highest BCUT2D eigenvalue weighted by molar-refractivity contribution is 7.83. The lowest BCUT2D eigenvalue weighted by Crippen LogP contribution is -2.23. The van der Waals surface area contributed by atoms with Crippen molar-refractivity contribution in [2.45, 2.75) is 38.7 Å². The molecular weight excluding hydrogens is 236 g/mol. The molecule has 0 aromatic heterocycles. The lowest BCUT2D eigenvalue weighted by molar-refractivity contribution is 0.0811. The van der Waals surface area contributed by atoms with Gasteiger partial charge in [0, 0.05) is 5.92 Å². The molecule has 94 valence electrons. The monoisotopic (exact) mass is 253 g/mol. The predicted octanol–water partition coefficient (Wildman–Crippen LogP) is 2.80. The topological polar surface area (TPSA) is 49.4 Å². The zero-order valence-corrected chi connectivity index (χ0v) is 10.7. The SMILES string of the molecule is CC1C=CCCC1OC1=CCCC=C1S(=O)[O-]. The van der Waals surface area contributed by atoms with Gasteiger partial charge in [-0.25, -0.2) is 0 Å². The quantitative estimate of drug-likeness (QED) is 0.574. The Morgan fingerprint density at radius 3 is 2.82 bits per heavy atom. The molecule has 0 heterocycles. The van der Waals surface area contributed by atoms with E-state index < -0.39 is 11.1 Å². The van der Waals surface area contributed by atoms with Crippen molar-refractivity contribution in [3.05, 3.63) is 35.0 Å². The molecule has 17 heavy (non-hydrogen) atoms. The third kappa shape index (κ3) is 3.07. The summed E-state index contributed by atoms with van der Waals surface area (Å²) in [7, 11) is 0. The largest absolute Gasteiger partial charge is 0.768 e. The minimum Gasteiger partial charge on any atom is -0.768 e. The van der Waals surface area contributed by atoms with Gasteiger partial charge >= 0.3 is 0 Å². The van der Waals surface area contributed by atoms with E-state index in [1.807, 2.05) is 6.08 Å². The van der Waals surface area contributed by atoms with E-state index in [2.05, 4.69) is 19.1 Å². The molecule has 3 atom stereocenters. The van der Waals surface area contributed by atoms with Crippen molar-refractivity contribution in [1.29, 1.82) is 0 Å². The van der Waals surface area contributed by atoms with E-state index in [9.17, 15) is 8.76 Å². The van der Waals surface area contributed by atoms with E-state index in [1.54, 1.807) is 6.08 Å². The predicted molar refractivity (Wildman–Crippen MR) is 66.7 cm³/mol. The van der Waals surface area contributed by atoms with Gasteiger partial charge in [0.25, 0.3) is 0 Å². The molecule has 0 bridgehead atoms. The average molecular weight is 253 g/mol. The lowest BCUT2D eigenvalue weighted by Gasteiger charge is -2.29. The Balaban J connectivity index is 2.07. The van der Waals surface area contributed by atoms with Crippen LogP contribution in [0.5, 0.6) is 0 Å². The molecule has 0 N–H and O–H groups in total. The molecule has 0 saturated carbocycles. The van der Waals surface area contributed by atoms with Gasteiger partial charge in [0.2, 0.25) is 0 Å². The highest BCUT2D eigenvalue weighted by atomic mass is 32.2. The second kappa shape index (κ2) is 5.65. The van der Waals surface area contributed by atoms with Crippen molar-refractivity contribution in [1.82, 2.24) is 0 Å². The number of hydrogen-bond donors (Lipinski definition) is 0. The molecule has 0 radical (unpaired) electrons. The molecule has 3 nitrogen and oxygen atoms in total. The van der Waals surface area contributed by atoms with Crippen LogP contribution in [-0.2, 0) is 15.8 Å². The molecule has 0 aromatic rings. The third-order valence-electron chi connectivity index (χ3n) is 3.17. The van der Waals surface area contributed by atoms with Gasteiger partial charge in [0.1, 0.15) is 11.9 Å². The Morgan fingerprint density at radius 2 is 2.12 bits per heavy atom. The summed E-state index contributed by atoms with van der Waals surface area (Å²) in [4.78, 5) is 0.318. The van der Waals surface area contributed by atoms with E-state index in [0.29, 0.717) is 16.6 Å². The molecule has 2 aliphatic rings. The minimum absolute atomic E-state index is 0.0938. The summed E-state index contributed by atoms with van der Waals surface area (Å²) in [5, 5.41) is 0. The van der Waals surface area contributed by atoms with Crippen molar-refractivity contribution in [3.8, 4) is 0 Å². The lowest BCUT2D eigenvalue weighted by atomic mass is 9.94. The Labute approximate surface area is 105 Å². The van der Waals surface area contributed by atoms with Crippen molar-refractivity contribution < 1.29 is 13.5 Å². The number of allylic oxidation sites excluding steroid dienone is 3. The number of rotatable bonds is 3. The fourth-order valence-electron chi connectivity index (χ4n) is 2.17. The average Bonchev–Trinajstić information content (AvgIpc) is 2.32. The van der Waals surface area contributed by atoms with Crippen LogP contribution < -0.4 is 0 Å². The molecule has 0 spiro atoms. The first-order valence-electron chi connectivity index (χ1n) is 6.01. The van der Waals surface area contributed by atoms with Crippen molar-refractivity contribution in [3.63, 3.8) is 0 Å². The summed E-state index contributed by atoms with van der Waals surface area (Å²) in [5.41, 5.74) is 0. The minimum atomic E-state index is -2.20. The highest BCUT2D eigenvalue weighted by Gasteiger charge is 2.22. The molecule has 0 fully saturated rings. The van der Waals surface area contributed by atoms with Crippen LogP contribution in [0.2, 0.25) is 0 Å². The Bertz CT molecular complexity index is 395. The highest BCUT2D eigenvalue weighted by Crippen LogP contribution is 2.28. The van der Waals surface area contributed by atoms with Gasteiger partial charge in [-0.1, -0.05) is 25.2 Å². The van der Waals surface area contributed by atoms with Gasteiger partial charge in [-0.2, -0.15) is 0 Å². The maximum Gasteiger partial charge on any atom is 0.130 e. The van der Waals surface area contributed by atoms with E-state index in [0.717, 1.165) is 25.7 Å². The maximum absolute atomic E-state index is 11.1. The fourth-order valence-corrected chi connectivity index (χ4v) is 2.72. The fraction of sp³-hybridized carbons (Fsp3) is 0.538. The van der Waals surface area contributed by atoms with E-state index >= 15 is 0 Å². The molecule has 0 aliphatic heterocycles. The summed E-state index contributed by atoms with van der Waals surface area (Å²) >= 11 is -2.20. The summed E-state index contributed by atoms with van der Waals surface area (Å²) in [6.07, 6.45) is 11.6. The molecule has 2 rings (SSSR count). The number of hydrogen-bond acceptors (Lipinski definition) is 3. The first-order valence-corrected chi connectivity index (χ1v) is 7.09. The van der Waals surface area contributed by atoms with Crippen LogP contribution in [0.25, 0.3) is 0 Å². The van der Waals surface area contributed by atoms with Crippen LogP contribution in [0.4, 0.5) is 0 Å². The van der Waals surface area contributed by atoms with Crippen LogP contribution in [0.1, 0.15) is 32.6 Å². The van der Waals surface area contributed by atoms with Gasteiger partial charge < -0.3 is 9.29 Å². The summed E-state index contributed by atoms with van der Waals surface area (Å²) in [5.74, 6) is 0.879. The summed E-state index contributed by atoms with van der Waals surface area (Å²) < 4.78 is 28.0. The van der Waals surface area contributed by atoms with Gasteiger partial charge in [-0.15, -0.1) is 0 Å². The van der Waals surface area contributed by atoms with Gasteiger partial charge in [0.15, 0.2) is 0 Å². The van der Waals surface area contributed by atoms with Crippen LogP contribution in [0, 0.1) is 5.92 Å². The molecule has 0 amide bonds. The molecule has 0 aromatic carbocycles. The maximum atomic E-state index is 11.1. The Morgan fingerprint density at radius 1 is 1.35 bits per heavy atom. The molecule has 3 unspecified atom stereocenters. The van der Waals surface area contributed by atoms with Crippen LogP contribution in [0.15, 0.2) is 35.0 Å². The second-order valence-corrected chi connectivity index (χ2v) is 5.38. The second-order valence-electron chi connectivity index (χ2n) is 4.47. The van der Waals surface area contributed by atoms with Gasteiger partial charge in [0.05, 0.1) is 4.91 Å². The summed E-state index contributed by atoms with van der Waals surface area (Å²) in [6, 6.07) is 0. The molecular formula is C13H17O3S-. The standard InChI is InChI=1S/C13H18O3S/c1-10-6-2-3-7-11(10)16-12-8-4-5-9-13(12)17(14)15/h2,6,8-11H,3-5,7H2,1H3,(H,14,15)/p-1. The Kier molecular flexibility index (Phi) is 4.18. The normalized spacial score (nSPS) is 30.5. The summed E-state index contributed by atoms with van der Waals surface area (Å²) in [6.45, 7) is 2.10. The smallest absolute Gasteiger partial charge is 0.130 e. The first kappa shape index (κ1) is 12.6. The van der Waals surface area contributed by atoms with E-state index in [1.165, 1.54) is 0 Å². The molecule has 2 aliphatic carbocycles. The first-order chi connectivity index (χ1) is 8.18. The van der Waals surface area contributed by atoms with Crippen molar-refractivity contribution >= 4 is 11.1 Å². The third-order valence-corrected chi connectivity index (χ3v) is 3.90. The Hall–Kier alpha value is -0.870. The molecule has 4 heteroatoms. The van der Waals surface area contributed by atoms with E-state index in [4.69, 9.17) is 4.74 Å². The zero-order valence-electron chi connectivity index (χ0n) is 9.93. The van der Waals surface area contributed by atoms with Crippen molar-refractivity contribution in [2.24, 2.45) is 5.92 Å².